The van der Waals surface area contributed by atoms with Crippen LogP contribution in [0.2, 0.25) is 0 Å². The third-order valence-corrected chi connectivity index (χ3v) is 2.43. The smallest absolute Gasteiger partial charge is 0.359 e. The number of rotatable bonds is 2. The number of benzene rings is 1. The quantitative estimate of drug-likeness (QED) is 0.740. The van der Waals surface area contributed by atoms with Gasteiger partial charge < -0.3 is 4.52 Å². The maximum atomic E-state index is 12.5. The second-order valence-corrected chi connectivity index (χ2v) is 3.92. The van der Waals surface area contributed by atoms with E-state index in [-0.39, 0.29) is 5.69 Å². The first-order chi connectivity index (χ1) is 8.88. The van der Waals surface area contributed by atoms with Crippen molar-refractivity contribution < 1.29 is 17.7 Å². The largest absolute Gasteiger partial charge is 0.416 e. The van der Waals surface area contributed by atoms with Gasteiger partial charge in [0, 0.05) is 0 Å². The number of alkyl halides is 3. The second kappa shape index (κ2) is 4.83. The lowest BCUT2D eigenvalue weighted by molar-refractivity contribution is -0.137. The standard InChI is InChI=1S/C12H10F3N3O/c1-7-11(8(2)19-18-7)17-16-10-5-3-4-9(6-10)12(13,14)15/h3-6H,1-2H3. The Morgan fingerprint density at radius 2 is 1.89 bits per heavy atom. The molecule has 0 amide bonds. The fourth-order valence-electron chi connectivity index (χ4n) is 1.47. The normalized spacial score (nSPS) is 12.3. The van der Waals surface area contributed by atoms with Gasteiger partial charge >= 0.3 is 6.18 Å². The van der Waals surface area contributed by atoms with E-state index < -0.39 is 11.7 Å². The number of hydrogen-bond donors (Lipinski definition) is 0. The third-order valence-electron chi connectivity index (χ3n) is 2.43. The zero-order chi connectivity index (χ0) is 14.0. The summed E-state index contributed by atoms with van der Waals surface area (Å²) in [5, 5.41) is 11.3. The lowest BCUT2D eigenvalue weighted by atomic mass is 10.2. The molecule has 1 aromatic carbocycles. The minimum atomic E-state index is -4.39. The zero-order valence-electron chi connectivity index (χ0n) is 10.2. The van der Waals surface area contributed by atoms with Gasteiger partial charge in [0.2, 0.25) is 0 Å². The zero-order valence-corrected chi connectivity index (χ0v) is 10.2. The van der Waals surface area contributed by atoms with Gasteiger partial charge in [0.25, 0.3) is 0 Å². The van der Waals surface area contributed by atoms with Crippen molar-refractivity contribution in [3.63, 3.8) is 0 Å². The van der Waals surface area contributed by atoms with Gasteiger partial charge in [-0.25, -0.2) is 0 Å². The van der Waals surface area contributed by atoms with Crippen molar-refractivity contribution >= 4 is 11.4 Å². The van der Waals surface area contributed by atoms with Crippen LogP contribution in [0, 0.1) is 13.8 Å². The van der Waals surface area contributed by atoms with Gasteiger partial charge in [-0.05, 0) is 32.0 Å². The van der Waals surface area contributed by atoms with Gasteiger partial charge in [-0.2, -0.15) is 18.3 Å². The Hall–Kier alpha value is -2.18. The molecule has 0 aliphatic carbocycles. The van der Waals surface area contributed by atoms with E-state index in [0.717, 1.165) is 12.1 Å². The number of aryl methyl sites for hydroxylation is 2. The van der Waals surface area contributed by atoms with E-state index in [1.165, 1.54) is 12.1 Å². The molecule has 0 aliphatic heterocycles. The molecule has 0 fully saturated rings. The molecule has 0 aliphatic rings. The fourth-order valence-corrected chi connectivity index (χ4v) is 1.47. The summed E-state index contributed by atoms with van der Waals surface area (Å²) in [6, 6.07) is 4.64. The molecular formula is C12H10F3N3O. The van der Waals surface area contributed by atoms with Gasteiger partial charge in [-0.15, -0.1) is 5.11 Å². The minimum absolute atomic E-state index is 0.120. The van der Waals surface area contributed by atoms with Crippen LogP contribution >= 0.6 is 0 Å². The number of hydrogen-bond acceptors (Lipinski definition) is 4. The Balaban J connectivity index is 2.29. The predicted octanol–water partition coefficient (Wildman–Crippen LogP) is 4.73. The molecule has 0 saturated carbocycles. The molecule has 2 rings (SSSR count). The molecule has 4 nitrogen and oxygen atoms in total. The summed E-state index contributed by atoms with van der Waals surface area (Å²) in [7, 11) is 0. The first-order valence-corrected chi connectivity index (χ1v) is 5.40. The number of azo groups is 1. The average Bonchev–Trinajstić information content (AvgIpc) is 2.66. The van der Waals surface area contributed by atoms with Crippen molar-refractivity contribution in [3.8, 4) is 0 Å². The van der Waals surface area contributed by atoms with E-state index in [1.807, 2.05) is 0 Å². The van der Waals surface area contributed by atoms with E-state index in [9.17, 15) is 13.2 Å². The van der Waals surface area contributed by atoms with E-state index >= 15 is 0 Å². The van der Waals surface area contributed by atoms with Gasteiger partial charge in [-0.1, -0.05) is 11.2 Å². The van der Waals surface area contributed by atoms with Crippen LogP contribution in [0.1, 0.15) is 17.0 Å². The average molecular weight is 269 g/mol. The Labute approximate surface area is 106 Å². The molecular weight excluding hydrogens is 259 g/mol. The Morgan fingerprint density at radius 3 is 2.47 bits per heavy atom. The molecule has 2 aromatic rings. The van der Waals surface area contributed by atoms with Crippen molar-refractivity contribution in [2.24, 2.45) is 10.2 Å². The summed E-state index contributed by atoms with van der Waals surface area (Å²) < 4.78 is 42.4. The van der Waals surface area contributed by atoms with Crippen molar-refractivity contribution in [2.75, 3.05) is 0 Å². The van der Waals surface area contributed by atoms with E-state index in [2.05, 4.69) is 15.4 Å². The summed E-state index contributed by atoms with van der Waals surface area (Å²) >= 11 is 0. The minimum Gasteiger partial charge on any atom is -0.359 e. The predicted molar refractivity (Wildman–Crippen MR) is 61.6 cm³/mol. The monoisotopic (exact) mass is 269 g/mol. The van der Waals surface area contributed by atoms with Crippen LogP contribution in [0.4, 0.5) is 24.5 Å². The maximum absolute atomic E-state index is 12.5. The second-order valence-electron chi connectivity index (χ2n) is 3.92. The number of aromatic nitrogens is 1. The van der Waals surface area contributed by atoms with Gasteiger partial charge in [0.1, 0.15) is 5.69 Å². The molecule has 0 N–H and O–H groups in total. The summed E-state index contributed by atoms with van der Waals surface area (Å²) in [6.07, 6.45) is -4.39. The van der Waals surface area contributed by atoms with Crippen molar-refractivity contribution in [1.29, 1.82) is 0 Å². The first kappa shape index (κ1) is 13.3. The van der Waals surface area contributed by atoms with Gasteiger partial charge in [-0.3, -0.25) is 0 Å². The Morgan fingerprint density at radius 1 is 1.16 bits per heavy atom. The molecule has 7 heteroatoms. The summed E-state index contributed by atoms with van der Waals surface area (Å²) in [6.45, 7) is 3.33. The van der Waals surface area contributed by atoms with Crippen LogP contribution in [-0.4, -0.2) is 5.16 Å². The van der Waals surface area contributed by atoms with Crippen LogP contribution < -0.4 is 0 Å². The summed E-state index contributed by atoms with van der Waals surface area (Å²) in [5.41, 5.74) is 0.322. The summed E-state index contributed by atoms with van der Waals surface area (Å²) in [4.78, 5) is 0. The van der Waals surface area contributed by atoms with E-state index in [0.29, 0.717) is 17.1 Å². The molecule has 1 aromatic heterocycles. The summed E-state index contributed by atoms with van der Waals surface area (Å²) in [5.74, 6) is 0.466. The number of halogens is 3. The molecule has 100 valence electrons. The molecule has 19 heavy (non-hydrogen) atoms. The molecule has 0 bridgehead atoms. The molecule has 0 atom stereocenters. The molecule has 0 unspecified atom stereocenters. The molecule has 0 spiro atoms. The first-order valence-electron chi connectivity index (χ1n) is 5.40. The lowest BCUT2D eigenvalue weighted by Gasteiger charge is -2.05. The highest BCUT2D eigenvalue weighted by molar-refractivity contribution is 5.45. The van der Waals surface area contributed by atoms with Crippen LogP contribution in [0.15, 0.2) is 39.0 Å². The Bertz CT molecular complexity index is 597. The molecule has 0 saturated heterocycles. The van der Waals surface area contributed by atoms with Gasteiger partial charge in [0.15, 0.2) is 11.4 Å². The van der Waals surface area contributed by atoms with Crippen LogP contribution in [0.3, 0.4) is 0 Å². The lowest BCUT2D eigenvalue weighted by Crippen LogP contribution is -2.03. The van der Waals surface area contributed by atoms with Crippen LogP contribution in [0.5, 0.6) is 0 Å². The SMILES string of the molecule is Cc1noc(C)c1N=Nc1cccc(C(F)(F)F)c1. The van der Waals surface area contributed by atoms with Crippen molar-refractivity contribution in [2.45, 2.75) is 20.0 Å². The van der Waals surface area contributed by atoms with Crippen LogP contribution in [-0.2, 0) is 6.18 Å². The van der Waals surface area contributed by atoms with Crippen LogP contribution in [0.25, 0.3) is 0 Å². The fraction of sp³-hybridized carbons (Fsp3) is 0.250. The molecule has 0 radical (unpaired) electrons. The highest BCUT2D eigenvalue weighted by Gasteiger charge is 2.30. The highest BCUT2D eigenvalue weighted by Crippen LogP contribution is 2.32. The highest BCUT2D eigenvalue weighted by atomic mass is 19.4. The third kappa shape index (κ3) is 2.98. The van der Waals surface area contributed by atoms with E-state index in [4.69, 9.17) is 4.52 Å². The Kier molecular flexibility index (Phi) is 3.37. The van der Waals surface area contributed by atoms with Crippen molar-refractivity contribution in [3.05, 3.63) is 41.3 Å². The van der Waals surface area contributed by atoms with Crippen molar-refractivity contribution in [1.82, 2.24) is 5.16 Å². The maximum Gasteiger partial charge on any atom is 0.416 e. The topological polar surface area (TPSA) is 50.8 Å². The van der Waals surface area contributed by atoms with E-state index in [1.54, 1.807) is 13.8 Å². The molecule has 1 heterocycles. The number of nitrogens with zero attached hydrogens (tertiary/aromatic N) is 3. The van der Waals surface area contributed by atoms with Gasteiger partial charge in [0.05, 0.1) is 11.3 Å².